The standard InChI is InChI=1S/C23H24F4O4S/c1-3-13(2)16-9-7-14(8-10-16)11-15-5-4-6-17(12-15)31-22-18(24)20(26)23(32(28,29)30)21(27)19(22)25/h7-11,13,17H,3-6,12H2,1-2H3,(H,28,29,30)/b15-11+. The van der Waals surface area contributed by atoms with Gasteiger partial charge < -0.3 is 4.74 Å². The first-order valence-corrected chi connectivity index (χ1v) is 11.8. The van der Waals surface area contributed by atoms with Crippen LogP contribution in [-0.4, -0.2) is 19.1 Å². The van der Waals surface area contributed by atoms with Gasteiger partial charge in [0.15, 0.2) is 22.3 Å². The third-order valence-corrected chi connectivity index (χ3v) is 6.60. The van der Waals surface area contributed by atoms with Crippen molar-refractivity contribution in [2.45, 2.75) is 62.9 Å². The summed E-state index contributed by atoms with van der Waals surface area (Å²) < 4.78 is 92.8. The molecule has 3 rings (SSSR count). The van der Waals surface area contributed by atoms with Gasteiger partial charge in [-0.15, -0.1) is 0 Å². The topological polar surface area (TPSA) is 63.6 Å². The summed E-state index contributed by atoms with van der Waals surface area (Å²) in [5.41, 5.74) is 3.14. The monoisotopic (exact) mass is 472 g/mol. The largest absolute Gasteiger partial charge is 0.484 e. The van der Waals surface area contributed by atoms with E-state index in [1.807, 2.05) is 30.3 Å². The third kappa shape index (κ3) is 5.15. The lowest BCUT2D eigenvalue weighted by Crippen LogP contribution is -2.23. The highest BCUT2D eigenvalue weighted by Gasteiger charge is 2.34. The Morgan fingerprint density at radius 2 is 1.69 bits per heavy atom. The maximum absolute atomic E-state index is 14.3. The number of benzene rings is 2. The summed E-state index contributed by atoms with van der Waals surface area (Å²) >= 11 is 0. The Balaban J connectivity index is 1.82. The number of ether oxygens (including phenoxy) is 1. The lowest BCUT2D eigenvalue weighted by Gasteiger charge is -2.26. The van der Waals surface area contributed by atoms with Gasteiger partial charge >= 0.3 is 10.1 Å². The quantitative estimate of drug-likeness (QED) is 0.300. The first-order valence-electron chi connectivity index (χ1n) is 10.3. The molecular formula is C23H24F4O4S. The van der Waals surface area contributed by atoms with Gasteiger partial charge in [-0.1, -0.05) is 49.8 Å². The molecule has 1 aliphatic carbocycles. The molecule has 0 radical (unpaired) electrons. The summed E-state index contributed by atoms with van der Waals surface area (Å²) in [4.78, 5) is -2.08. The minimum absolute atomic E-state index is 0.287. The third-order valence-electron chi connectivity index (χ3n) is 5.73. The molecule has 1 fully saturated rings. The molecule has 174 valence electrons. The number of halogens is 4. The SMILES string of the molecule is CCC(C)c1ccc(/C=C2\CCCC(Oc3c(F)c(F)c(S(=O)(=O)O)c(F)c3F)C2)cc1. The summed E-state index contributed by atoms with van der Waals surface area (Å²) in [7, 11) is -5.51. The Bertz CT molecular complexity index is 1100. The van der Waals surface area contributed by atoms with Crippen LogP contribution >= 0.6 is 0 Å². The van der Waals surface area contributed by atoms with Crippen LogP contribution in [0.4, 0.5) is 17.6 Å². The second-order valence-corrected chi connectivity index (χ2v) is 9.36. The van der Waals surface area contributed by atoms with Crippen molar-refractivity contribution in [1.29, 1.82) is 0 Å². The van der Waals surface area contributed by atoms with Gasteiger partial charge in [-0.2, -0.15) is 17.2 Å². The molecule has 32 heavy (non-hydrogen) atoms. The highest BCUT2D eigenvalue weighted by atomic mass is 32.2. The average Bonchev–Trinajstić information content (AvgIpc) is 2.75. The molecule has 0 aromatic heterocycles. The molecule has 0 heterocycles. The Morgan fingerprint density at radius 1 is 1.09 bits per heavy atom. The average molecular weight is 473 g/mol. The fourth-order valence-corrected chi connectivity index (χ4v) is 4.40. The number of hydrogen-bond donors (Lipinski definition) is 1. The second kappa shape index (κ2) is 9.62. The maximum Gasteiger partial charge on any atom is 0.300 e. The Morgan fingerprint density at radius 3 is 2.22 bits per heavy atom. The molecule has 1 N–H and O–H groups in total. The Hall–Kier alpha value is -2.39. The molecule has 1 saturated carbocycles. The molecule has 2 atom stereocenters. The van der Waals surface area contributed by atoms with Crippen LogP contribution in [0.3, 0.4) is 0 Å². The molecule has 2 aromatic carbocycles. The first kappa shape index (κ1) is 24.3. The molecule has 0 aliphatic heterocycles. The van der Waals surface area contributed by atoms with Crippen LogP contribution in [0, 0.1) is 23.3 Å². The summed E-state index contributed by atoms with van der Waals surface area (Å²) in [5, 5.41) is 0. The highest BCUT2D eigenvalue weighted by Crippen LogP contribution is 2.36. The second-order valence-electron chi connectivity index (χ2n) is 8.00. The summed E-state index contributed by atoms with van der Waals surface area (Å²) in [6.45, 7) is 4.26. The molecule has 0 amide bonds. The van der Waals surface area contributed by atoms with E-state index in [0.717, 1.165) is 24.0 Å². The number of rotatable bonds is 6. The molecule has 0 saturated heterocycles. The lowest BCUT2D eigenvalue weighted by molar-refractivity contribution is 0.155. The van der Waals surface area contributed by atoms with E-state index in [0.29, 0.717) is 18.8 Å². The minimum Gasteiger partial charge on any atom is -0.484 e. The predicted octanol–water partition coefficient (Wildman–Crippen LogP) is 6.41. The zero-order chi connectivity index (χ0) is 23.6. The van der Waals surface area contributed by atoms with Gasteiger partial charge in [-0.05, 0) is 42.7 Å². The molecule has 0 bridgehead atoms. The fourth-order valence-electron chi connectivity index (χ4n) is 3.77. The van der Waals surface area contributed by atoms with Gasteiger partial charge in [0.25, 0.3) is 0 Å². The van der Waals surface area contributed by atoms with Gasteiger partial charge in [-0.25, -0.2) is 8.78 Å². The van der Waals surface area contributed by atoms with E-state index < -0.39 is 50.1 Å². The highest BCUT2D eigenvalue weighted by molar-refractivity contribution is 7.85. The molecule has 4 nitrogen and oxygen atoms in total. The van der Waals surface area contributed by atoms with E-state index in [4.69, 9.17) is 9.29 Å². The molecule has 2 unspecified atom stereocenters. The zero-order valence-corrected chi connectivity index (χ0v) is 18.5. The first-order chi connectivity index (χ1) is 15.0. The van der Waals surface area contributed by atoms with Crippen molar-refractivity contribution in [3.63, 3.8) is 0 Å². The van der Waals surface area contributed by atoms with Crippen molar-refractivity contribution in [1.82, 2.24) is 0 Å². The molecule has 9 heteroatoms. The molecule has 2 aromatic rings. The van der Waals surface area contributed by atoms with Crippen molar-refractivity contribution in [2.24, 2.45) is 0 Å². The summed E-state index contributed by atoms with van der Waals surface area (Å²) in [6, 6.07) is 8.06. The maximum atomic E-state index is 14.3. The molecular weight excluding hydrogens is 448 g/mol. The van der Waals surface area contributed by atoms with Crippen molar-refractivity contribution >= 4 is 16.2 Å². The van der Waals surface area contributed by atoms with Crippen molar-refractivity contribution in [2.75, 3.05) is 0 Å². The molecule has 0 spiro atoms. The Kier molecular flexibility index (Phi) is 7.29. The zero-order valence-electron chi connectivity index (χ0n) is 17.7. The van der Waals surface area contributed by atoms with Crippen LogP contribution in [0.25, 0.3) is 6.08 Å². The smallest absolute Gasteiger partial charge is 0.300 e. The van der Waals surface area contributed by atoms with Crippen molar-refractivity contribution in [3.05, 3.63) is 64.2 Å². The lowest BCUT2D eigenvalue weighted by atomic mass is 9.90. The fraction of sp³-hybridized carbons (Fsp3) is 0.391. The van der Waals surface area contributed by atoms with E-state index in [1.165, 1.54) is 5.56 Å². The predicted molar refractivity (Wildman–Crippen MR) is 112 cm³/mol. The van der Waals surface area contributed by atoms with Crippen LogP contribution in [0.2, 0.25) is 0 Å². The van der Waals surface area contributed by atoms with Crippen LogP contribution in [0.1, 0.15) is 63.0 Å². The van der Waals surface area contributed by atoms with E-state index in [9.17, 15) is 26.0 Å². The van der Waals surface area contributed by atoms with Crippen molar-refractivity contribution in [3.8, 4) is 5.75 Å². The molecule has 1 aliphatic rings. The van der Waals surface area contributed by atoms with E-state index in [-0.39, 0.29) is 6.42 Å². The van der Waals surface area contributed by atoms with Gasteiger partial charge in [0, 0.05) is 6.42 Å². The van der Waals surface area contributed by atoms with E-state index >= 15 is 0 Å². The van der Waals surface area contributed by atoms with Gasteiger partial charge in [0.05, 0.1) is 0 Å². The van der Waals surface area contributed by atoms with E-state index in [1.54, 1.807) is 0 Å². The van der Waals surface area contributed by atoms with Crippen LogP contribution < -0.4 is 4.74 Å². The van der Waals surface area contributed by atoms with Crippen LogP contribution in [-0.2, 0) is 10.1 Å². The van der Waals surface area contributed by atoms with Gasteiger partial charge in [0.1, 0.15) is 6.10 Å². The summed E-state index contributed by atoms with van der Waals surface area (Å²) in [6.07, 6.45) is 4.28. The van der Waals surface area contributed by atoms with Gasteiger partial charge in [-0.3, -0.25) is 4.55 Å². The Labute approximate surface area is 184 Å². The van der Waals surface area contributed by atoms with Crippen molar-refractivity contribution < 1.29 is 35.3 Å². The summed E-state index contributed by atoms with van der Waals surface area (Å²) in [5.74, 6) is -9.36. The van der Waals surface area contributed by atoms with Crippen LogP contribution in [0.5, 0.6) is 5.75 Å². The van der Waals surface area contributed by atoms with Crippen LogP contribution in [0.15, 0.2) is 34.7 Å². The number of hydrogen-bond acceptors (Lipinski definition) is 3. The minimum atomic E-state index is -5.51. The normalized spacial score (nSPS) is 19.2. The van der Waals surface area contributed by atoms with Gasteiger partial charge in [0.2, 0.25) is 11.6 Å². The van der Waals surface area contributed by atoms with E-state index in [2.05, 4.69) is 13.8 Å².